The van der Waals surface area contributed by atoms with Gasteiger partial charge in [0.25, 0.3) is 0 Å². The number of hydrogen-bond acceptors (Lipinski definition) is 7. The van der Waals surface area contributed by atoms with E-state index in [1.165, 1.54) is 18.7 Å². The van der Waals surface area contributed by atoms with Crippen LogP contribution in [0, 0.1) is 0 Å². The first-order chi connectivity index (χ1) is 11.2. The number of aromatic nitrogens is 4. The van der Waals surface area contributed by atoms with E-state index in [0.29, 0.717) is 11.3 Å². The van der Waals surface area contributed by atoms with Crippen molar-refractivity contribution in [3.05, 3.63) is 47.8 Å². The van der Waals surface area contributed by atoms with E-state index < -0.39 is 11.9 Å². The Kier molecular flexibility index (Phi) is 3.71. The van der Waals surface area contributed by atoms with Crippen LogP contribution in [0.5, 0.6) is 0 Å². The number of carbonyl (C=O) groups excluding carboxylic acids is 2. The lowest BCUT2D eigenvalue weighted by atomic mass is 10.2. The van der Waals surface area contributed by atoms with Crippen LogP contribution in [0.25, 0.3) is 16.9 Å². The van der Waals surface area contributed by atoms with Gasteiger partial charge < -0.3 is 9.47 Å². The Morgan fingerprint density at radius 1 is 1.00 bits per heavy atom. The number of methoxy groups -OCH3 is 2. The number of carbonyl (C=O) groups is 2. The number of hydrogen-bond donors (Lipinski definition) is 0. The molecule has 0 aliphatic rings. The Labute approximate surface area is 130 Å². The third-order valence-corrected chi connectivity index (χ3v) is 3.21. The molecule has 0 bridgehead atoms. The van der Waals surface area contributed by atoms with Crippen molar-refractivity contribution in [1.82, 2.24) is 19.8 Å². The third kappa shape index (κ3) is 2.50. The third-order valence-electron chi connectivity index (χ3n) is 3.21. The monoisotopic (exact) mass is 312 g/mol. The molecule has 0 N–H and O–H groups in total. The summed E-state index contributed by atoms with van der Waals surface area (Å²) in [4.78, 5) is 23.9. The van der Waals surface area contributed by atoms with Gasteiger partial charge >= 0.3 is 11.9 Å². The smallest absolute Gasteiger partial charge is 0.361 e. The summed E-state index contributed by atoms with van der Waals surface area (Å²) in [6.45, 7) is 0. The molecule has 8 heteroatoms. The zero-order chi connectivity index (χ0) is 16.4. The minimum atomic E-state index is -0.795. The predicted molar refractivity (Wildman–Crippen MR) is 78.9 cm³/mol. The van der Waals surface area contributed by atoms with Crippen LogP contribution in [0.4, 0.5) is 0 Å². The predicted octanol–water partition coefficient (Wildman–Crippen LogP) is 1.36. The minimum Gasteiger partial charge on any atom is -0.464 e. The lowest BCUT2D eigenvalue weighted by molar-refractivity contribution is 0.0540. The fourth-order valence-corrected chi connectivity index (χ4v) is 2.12. The largest absolute Gasteiger partial charge is 0.464 e. The van der Waals surface area contributed by atoms with Gasteiger partial charge in [-0.1, -0.05) is 30.3 Å². The van der Waals surface area contributed by atoms with E-state index in [9.17, 15) is 9.59 Å². The van der Waals surface area contributed by atoms with Gasteiger partial charge in [-0.25, -0.2) is 14.1 Å². The highest BCUT2D eigenvalue weighted by atomic mass is 16.5. The van der Waals surface area contributed by atoms with Crippen LogP contribution in [-0.2, 0) is 9.47 Å². The molecular weight excluding hydrogens is 300 g/mol. The Hall–Kier alpha value is -3.29. The molecule has 2 aromatic heterocycles. The molecule has 2 heterocycles. The summed E-state index contributed by atoms with van der Waals surface area (Å²) in [7, 11) is 2.39. The minimum absolute atomic E-state index is 0.133. The van der Waals surface area contributed by atoms with Crippen molar-refractivity contribution < 1.29 is 19.1 Å². The Bertz CT molecular complexity index is 889. The number of fused-ring (bicyclic) bond motifs is 1. The van der Waals surface area contributed by atoms with E-state index in [2.05, 4.69) is 20.0 Å². The maximum Gasteiger partial charge on any atom is 0.361 e. The normalized spacial score (nSPS) is 10.5. The molecule has 3 rings (SSSR count). The summed E-state index contributed by atoms with van der Waals surface area (Å²) in [5, 5.41) is 12.0. The van der Waals surface area contributed by atoms with Crippen molar-refractivity contribution in [3.8, 4) is 11.3 Å². The zero-order valence-electron chi connectivity index (χ0n) is 12.4. The summed E-state index contributed by atoms with van der Waals surface area (Å²) in [5.41, 5.74) is 1.36. The van der Waals surface area contributed by atoms with Gasteiger partial charge in [0.05, 0.1) is 19.9 Å². The van der Waals surface area contributed by atoms with E-state index in [1.54, 1.807) is 6.07 Å². The standard InChI is InChI=1S/C15H12N4O4/c1-22-14(20)12-13(15(21)23-2)19-11(16-17-12)8-10(18-19)9-6-4-3-5-7-9/h3-8H,1-2H3. The molecule has 0 aliphatic carbocycles. The summed E-state index contributed by atoms with van der Waals surface area (Å²) < 4.78 is 10.6. The molecule has 0 aliphatic heterocycles. The van der Waals surface area contributed by atoms with Gasteiger partial charge in [0.15, 0.2) is 11.3 Å². The summed E-state index contributed by atoms with van der Waals surface area (Å²) in [6, 6.07) is 11.0. The first-order valence-electron chi connectivity index (χ1n) is 6.64. The number of nitrogens with zero attached hydrogens (tertiary/aromatic N) is 4. The van der Waals surface area contributed by atoms with Crippen molar-refractivity contribution in [1.29, 1.82) is 0 Å². The van der Waals surface area contributed by atoms with Crippen LogP contribution >= 0.6 is 0 Å². The maximum atomic E-state index is 12.1. The molecule has 8 nitrogen and oxygen atoms in total. The Morgan fingerprint density at radius 2 is 1.70 bits per heavy atom. The van der Waals surface area contributed by atoms with Crippen LogP contribution in [0.2, 0.25) is 0 Å². The topological polar surface area (TPSA) is 95.7 Å². The van der Waals surface area contributed by atoms with Crippen molar-refractivity contribution >= 4 is 17.6 Å². The first kappa shape index (κ1) is 14.6. The number of esters is 2. The van der Waals surface area contributed by atoms with E-state index in [0.717, 1.165) is 5.56 Å². The number of rotatable bonds is 3. The SMILES string of the molecule is COC(=O)c1nnc2cc(-c3ccccc3)nn2c1C(=O)OC. The maximum absolute atomic E-state index is 12.1. The van der Waals surface area contributed by atoms with Crippen LogP contribution in [-0.4, -0.2) is 46.0 Å². The molecule has 0 saturated carbocycles. The molecule has 0 fully saturated rings. The highest BCUT2D eigenvalue weighted by Gasteiger charge is 2.26. The molecule has 1 aromatic carbocycles. The van der Waals surface area contributed by atoms with Gasteiger partial charge in [0, 0.05) is 11.6 Å². The number of ether oxygens (including phenoxy) is 2. The zero-order valence-corrected chi connectivity index (χ0v) is 12.4. The van der Waals surface area contributed by atoms with Crippen molar-refractivity contribution in [2.45, 2.75) is 0 Å². The van der Waals surface area contributed by atoms with E-state index >= 15 is 0 Å². The van der Waals surface area contributed by atoms with Gasteiger partial charge in [-0.2, -0.15) is 5.10 Å². The van der Waals surface area contributed by atoms with Crippen LogP contribution in [0.1, 0.15) is 21.0 Å². The molecule has 0 amide bonds. The van der Waals surface area contributed by atoms with Gasteiger partial charge in [-0.3, -0.25) is 0 Å². The highest BCUT2D eigenvalue weighted by Crippen LogP contribution is 2.20. The van der Waals surface area contributed by atoms with Crippen LogP contribution < -0.4 is 0 Å². The molecule has 116 valence electrons. The van der Waals surface area contributed by atoms with E-state index in [-0.39, 0.29) is 11.4 Å². The second kappa shape index (κ2) is 5.84. The lowest BCUT2D eigenvalue weighted by Crippen LogP contribution is -2.20. The molecular formula is C15H12N4O4. The molecule has 0 spiro atoms. The summed E-state index contributed by atoms with van der Waals surface area (Å²) >= 11 is 0. The fraction of sp³-hybridized carbons (Fsp3) is 0.133. The second-order valence-corrected chi connectivity index (χ2v) is 4.55. The van der Waals surface area contributed by atoms with Gasteiger partial charge in [-0.05, 0) is 0 Å². The highest BCUT2D eigenvalue weighted by molar-refractivity contribution is 6.00. The van der Waals surface area contributed by atoms with Crippen LogP contribution in [0.3, 0.4) is 0 Å². The van der Waals surface area contributed by atoms with Crippen molar-refractivity contribution in [2.75, 3.05) is 14.2 Å². The number of benzene rings is 1. The summed E-state index contributed by atoms with van der Waals surface area (Å²) in [5.74, 6) is -1.55. The van der Waals surface area contributed by atoms with Gasteiger partial charge in [0.1, 0.15) is 0 Å². The van der Waals surface area contributed by atoms with Crippen LogP contribution in [0.15, 0.2) is 36.4 Å². The Morgan fingerprint density at radius 3 is 2.35 bits per heavy atom. The molecule has 0 unspecified atom stereocenters. The van der Waals surface area contributed by atoms with E-state index in [4.69, 9.17) is 4.74 Å². The average molecular weight is 312 g/mol. The molecule has 0 radical (unpaired) electrons. The Balaban J connectivity index is 2.26. The van der Waals surface area contributed by atoms with Crippen molar-refractivity contribution in [2.24, 2.45) is 0 Å². The first-order valence-corrected chi connectivity index (χ1v) is 6.64. The quantitative estimate of drug-likeness (QED) is 0.674. The molecule has 3 aromatic rings. The van der Waals surface area contributed by atoms with Gasteiger partial charge in [0.2, 0.25) is 5.69 Å². The van der Waals surface area contributed by atoms with Gasteiger partial charge in [-0.15, -0.1) is 10.2 Å². The molecule has 23 heavy (non-hydrogen) atoms. The fourth-order valence-electron chi connectivity index (χ4n) is 2.12. The second-order valence-electron chi connectivity index (χ2n) is 4.55. The lowest BCUT2D eigenvalue weighted by Gasteiger charge is -2.06. The van der Waals surface area contributed by atoms with Crippen molar-refractivity contribution in [3.63, 3.8) is 0 Å². The molecule has 0 saturated heterocycles. The van der Waals surface area contributed by atoms with E-state index in [1.807, 2.05) is 30.3 Å². The average Bonchev–Trinajstić information content (AvgIpc) is 3.04. The summed E-state index contributed by atoms with van der Waals surface area (Å²) in [6.07, 6.45) is 0. The molecule has 0 atom stereocenters.